The number of alkyl halides is 2. The van der Waals surface area contributed by atoms with Crippen molar-refractivity contribution in [2.24, 2.45) is 17.8 Å². The molecule has 3 aromatic rings. The number of carbonyl (C=O) groups is 4. The molecule has 7 rings (SSSR count). The molecule has 3 aromatic carbocycles. The van der Waals surface area contributed by atoms with Gasteiger partial charge in [-0.25, -0.2) is 0 Å². The summed E-state index contributed by atoms with van der Waals surface area (Å²) in [5, 5.41) is 2.81. The van der Waals surface area contributed by atoms with Gasteiger partial charge in [0.05, 0.1) is 11.8 Å². The summed E-state index contributed by atoms with van der Waals surface area (Å²) < 4.78 is 0. The molecule has 6 nitrogen and oxygen atoms in total. The number of nitrogens with one attached hydrogen (secondary N) is 1. The Balaban J connectivity index is 1.46. The number of likely N-dealkylation sites (tertiary alicyclic amines) is 1. The Morgan fingerprint density at radius 3 is 1.67 bits per heavy atom. The lowest BCUT2D eigenvalue weighted by molar-refractivity contribution is -0.148. The van der Waals surface area contributed by atoms with Crippen molar-refractivity contribution < 1.29 is 19.2 Å². The van der Waals surface area contributed by atoms with Crippen LogP contribution in [0.4, 0.5) is 5.69 Å². The molecule has 1 fully saturated rings. The molecular formula is C31H26Cl2N2O4. The molecule has 0 spiro atoms. The second-order valence-electron chi connectivity index (χ2n) is 10.8. The molecule has 2 bridgehead atoms. The zero-order valence-corrected chi connectivity index (χ0v) is 23.1. The van der Waals surface area contributed by atoms with E-state index in [2.05, 4.69) is 5.32 Å². The van der Waals surface area contributed by atoms with E-state index in [1.165, 1.54) is 6.92 Å². The predicted molar refractivity (Wildman–Crippen MR) is 149 cm³/mol. The van der Waals surface area contributed by atoms with Crippen LogP contribution in [0.1, 0.15) is 53.4 Å². The highest BCUT2D eigenvalue weighted by atomic mass is 35.5. The number of anilines is 1. The van der Waals surface area contributed by atoms with Crippen LogP contribution in [-0.4, -0.2) is 34.4 Å². The van der Waals surface area contributed by atoms with Gasteiger partial charge in [0.15, 0.2) is 5.78 Å². The van der Waals surface area contributed by atoms with Crippen LogP contribution < -0.4 is 5.32 Å². The minimum atomic E-state index is -1.32. The Morgan fingerprint density at radius 1 is 0.795 bits per heavy atom. The highest BCUT2D eigenvalue weighted by Crippen LogP contribution is 2.69. The molecule has 198 valence electrons. The molecular weight excluding hydrogens is 535 g/mol. The van der Waals surface area contributed by atoms with E-state index in [1.54, 1.807) is 38.1 Å². The van der Waals surface area contributed by atoms with E-state index < -0.39 is 51.3 Å². The summed E-state index contributed by atoms with van der Waals surface area (Å²) >= 11 is 15.0. The number of imide groups is 1. The van der Waals surface area contributed by atoms with Gasteiger partial charge in [-0.3, -0.25) is 24.1 Å². The number of ketones is 1. The van der Waals surface area contributed by atoms with Crippen molar-refractivity contribution in [3.8, 4) is 0 Å². The van der Waals surface area contributed by atoms with Gasteiger partial charge in [0, 0.05) is 11.3 Å². The van der Waals surface area contributed by atoms with E-state index in [0.29, 0.717) is 33.5 Å². The molecule has 8 heteroatoms. The number of carbonyl (C=O) groups excluding carboxylic acids is 4. The maximum Gasteiger partial charge on any atom is 0.247 e. The van der Waals surface area contributed by atoms with Crippen molar-refractivity contribution in [1.29, 1.82) is 0 Å². The summed E-state index contributed by atoms with van der Waals surface area (Å²) in [5.41, 5.74) is 3.66. The molecule has 4 aliphatic rings. The molecule has 1 saturated heterocycles. The third kappa shape index (κ3) is 3.34. The largest absolute Gasteiger partial charge is 0.324 e. The van der Waals surface area contributed by atoms with Crippen LogP contribution in [0, 0.1) is 17.8 Å². The van der Waals surface area contributed by atoms with Gasteiger partial charge in [0.25, 0.3) is 0 Å². The lowest BCUT2D eigenvalue weighted by Crippen LogP contribution is -2.57. The number of Topliss-reactive ketones (excluding diaryl/α,β-unsaturated/α-hetero) is 1. The molecule has 1 N–H and O–H groups in total. The molecule has 1 heterocycles. The van der Waals surface area contributed by atoms with Crippen molar-refractivity contribution in [3.05, 3.63) is 101 Å². The van der Waals surface area contributed by atoms with E-state index in [0.717, 1.165) is 4.90 Å². The van der Waals surface area contributed by atoms with Gasteiger partial charge in [-0.1, -0.05) is 74.5 Å². The Morgan fingerprint density at radius 2 is 1.26 bits per heavy atom. The number of rotatable bonds is 5. The molecule has 3 aliphatic carbocycles. The van der Waals surface area contributed by atoms with Crippen LogP contribution in [-0.2, 0) is 24.1 Å². The minimum absolute atomic E-state index is 0.144. The summed E-state index contributed by atoms with van der Waals surface area (Å²) in [5.74, 6) is -4.07. The topological polar surface area (TPSA) is 83.6 Å². The molecule has 3 amide bonds. The van der Waals surface area contributed by atoms with E-state index in [9.17, 15) is 19.2 Å². The lowest BCUT2D eigenvalue weighted by Gasteiger charge is -2.54. The number of halogens is 2. The first-order chi connectivity index (χ1) is 18.5. The molecule has 0 unspecified atom stereocenters. The maximum absolute atomic E-state index is 14.3. The molecule has 0 radical (unpaired) electrons. The number of hydrogen-bond acceptors (Lipinski definition) is 4. The van der Waals surface area contributed by atoms with E-state index in [4.69, 9.17) is 23.2 Å². The third-order valence-corrected chi connectivity index (χ3v) is 9.62. The standard InChI is InChI=1S/C31H26Cl2N2O4/c1-16(2)26(27(37)34-19-10-8-9-18(15-19)17(3)36)35-28(38)24-25(29(35)39)31(33)21-12-5-4-11-20(21)30(24,32)22-13-6-7-14-23(22)31/h4-16,24-26H,1-3H3,(H,34,37)/t24-,25-,26+,30?,31?/m1/s1. The zero-order valence-electron chi connectivity index (χ0n) is 21.6. The second-order valence-corrected chi connectivity index (χ2v) is 12.0. The fraction of sp³-hybridized carbons (Fsp3) is 0.290. The van der Waals surface area contributed by atoms with Crippen LogP contribution in [0.25, 0.3) is 0 Å². The zero-order chi connectivity index (χ0) is 27.9. The highest BCUT2D eigenvalue weighted by molar-refractivity contribution is 6.36. The van der Waals surface area contributed by atoms with Crippen LogP contribution in [0.3, 0.4) is 0 Å². The van der Waals surface area contributed by atoms with Crippen LogP contribution in [0.15, 0.2) is 72.8 Å². The summed E-state index contributed by atoms with van der Waals surface area (Å²) in [7, 11) is 0. The predicted octanol–water partition coefficient (Wildman–Crippen LogP) is 5.45. The number of benzene rings is 3. The SMILES string of the molecule is CC(=O)c1cccc(NC(=O)[C@H](C(C)C)N2C(=O)[C@H]3[C@H](C2=O)C2(Cl)c4ccccc4C3(Cl)c3ccccc32)c1. The van der Waals surface area contributed by atoms with E-state index in [1.807, 2.05) is 48.5 Å². The van der Waals surface area contributed by atoms with Crippen LogP contribution in [0.5, 0.6) is 0 Å². The fourth-order valence-electron chi connectivity index (χ4n) is 6.71. The Labute approximate surface area is 236 Å². The monoisotopic (exact) mass is 560 g/mol. The van der Waals surface area contributed by atoms with Gasteiger partial charge >= 0.3 is 0 Å². The first-order valence-electron chi connectivity index (χ1n) is 12.9. The highest BCUT2D eigenvalue weighted by Gasteiger charge is 2.73. The smallest absolute Gasteiger partial charge is 0.247 e. The third-order valence-electron chi connectivity index (χ3n) is 8.33. The molecule has 1 aliphatic heterocycles. The van der Waals surface area contributed by atoms with Gasteiger partial charge in [-0.2, -0.15) is 0 Å². The normalized spacial score (nSPS) is 27.2. The van der Waals surface area contributed by atoms with E-state index >= 15 is 0 Å². The van der Waals surface area contributed by atoms with Gasteiger partial charge < -0.3 is 5.32 Å². The quantitative estimate of drug-likeness (QED) is 0.255. The van der Waals surface area contributed by atoms with Crippen molar-refractivity contribution in [1.82, 2.24) is 4.90 Å². The minimum Gasteiger partial charge on any atom is -0.324 e. The van der Waals surface area contributed by atoms with Gasteiger partial charge in [-0.15, -0.1) is 23.2 Å². The van der Waals surface area contributed by atoms with Crippen molar-refractivity contribution in [2.45, 2.75) is 36.6 Å². The lowest BCUT2D eigenvalue weighted by atomic mass is 9.54. The molecule has 3 atom stereocenters. The number of hydrogen-bond donors (Lipinski definition) is 1. The first kappa shape index (κ1) is 25.8. The Bertz CT molecular complexity index is 1460. The summed E-state index contributed by atoms with van der Waals surface area (Å²) in [6.45, 7) is 5.00. The maximum atomic E-state index is 14.3. The molecule has 39 heavy (non-hydrogen) atoms. The van der Waals surface area contributed by atoms with Crippen molar-refractivity contribution in [2.75, 3.05) is 5.32 Å². The number of amides is 3. The fourth-order valence-corrected chi connectivity index (χ4v) is 7.81. The summed E-state index contributed by atoms with van der Waals surface area (Å²) in [6, 6.07) is 20.3. The van der Waals surface area contributed by atoms with Crippen LogP contribution >= 0.6 is 23.2 Å². The second kappa shape index (κ2) is 8.77. The van der Waals surface area contributed by atoms with Gasteiger partial charge in [-0.05, 0) is 47.2 Å². The Hall–Kier alpha value is -3.48. The van der Waals surface area contributed by atoms with Gasteiger partial charge in [0.1, 0.15) is 15.8 Å². The molecule has 0 saturated carbocycles. The summed E-state index contributed by atoms with van der Waals surface area (Å²) in [4.78, 5) is 52.6. The Kier molecular flexibility index (Phi) is 5.79. The molecule has 0 aromatic heterocycles. The van der Waals surface area contributed by atoms with Crippen LogP contribution in [0.2, 0.25) is 0 Å². The first-order valence-corrected chi connectivity index (χ1v) is 13.6. The average Bonchev–Trinajstić information content (AvgIpc) is 3.18. The van der Waals surface area contributed by atoms with Gasteiger partial charge in [0.2, 0.25) is 17.7 Å². The van der Waals surface area contributed by atoms with Crippen molar-refractivity contribution >= 4 is 52.4 Å². The summed E-state index contributed by atoms with van der Waals surface area (Å²) in [6.07, 6.45) is 0. The van der Waals surface area contributed by atoms with E-state index in [-0.39, 0.29) is 5.78 Å². The average molecular weight is 561 g/mol. The number of nitrogens with zero attached hydrogens (tertiary/aromatic N) is 1. The van der Waals surface area contributed by atoms with Crippen molar-refractivity contribution in [3.63, 3.8) is 0 Å².